The molecule has 1 unspecified atom stereocenters. The van der Waals surface area contributed by atoms with Crippen LogP contribution < -0.4 is 14.8 Å². The molecule has 1 aromatic carbocycles. The molecule has 6 heteroatoms. The third kappa shape index (κ3) is 7.22. The minimum atomic E-state index is 0.0182. The van der Waals surface area contributed by atoms with E-state index in [1.807, 2.05) is 38.2 Å². The van der Waals surface area contributed by atoms with Gasteiger partial charge >= 0.3 is 0 Å². The van der Waals surface area contributed by atoms with Gasteiger partial charge in [0.2, 0.25) is 0 Å². The molecule has 0 amide bonds. The van der Waals surface area contributed by atoms with Gasteiger partial charge in [-0.2, -0.15) is 0 Å². The molecule has 2 rings (SSSR count). The maximum atomic E-state index is 5.90. The van der Waals surface area contributed by atoms with Crippen molar-refractivity contribution in [2.75, 3.05) is 47.5 Å². The minimum Gasteiger partial charge on any atom is -0.497 e. The van der Waals surface area contributed by atoms with Crippen LogP contribution in [0.15, 0.2) is 29.3 Å². The molecule has 0 aliphatic heterocycles. The highest BCUT2D eigenvalue weighted by Crippen LogP contribution is 2.28. The molecule has 1 atom stereocenters. The Morgan fingerprint density at radius 3 is 2.56 bits per heavy atom. The Bertz CT molecular complexity index is 529. The molecular weight excluding hydrogens is 318 g/mol. The Morgan fingerprint density at radius 2 is 1.96 bits per heavy atom. The number of hydrogen-bond acceptors (Lipinski definition) is 4. The highest BCUT2D eigenvalue weighted by atomic mass is 16.5. The summed E-state index contributed by atoms with van der Waals surface area (Å²) < 4.78 is 16.7. The summed E-state index contributed by atoms with van der Waals surface area (Å²) in [6, 6.07) is 7.61. The fourth-order valence-electron chi connectivity index (χ4n) is 2.39. The zero-order valence-corrected chi connectivity index (χ0v) is 15.8. The summed E-state index contributed by atoms with van der Waals surface area (Å²) >= 11 is 0. The van der Waals surface area contributed by atoms with Crippen molar-refractivity contribution < 1.29 is 14.2 Å². The average Bonchev–Trinajstić information content (AvgIpc) is 3.44. The summed E-state index contributed by atoms with van der Waals surface area (Å²) in [6.45, 7) is 5.15. The first-order valence-corrected chi connectivity index (χ1v) is 8.92. The lowest BCUT2D eigenvalue weighted by Gasteiger charge is -2.24. The molecule has 6 nitrogen and oxygen atoms in total. The van der Waals surface area contributed by atoms with Crippen molar-refractivity contribution in [1.29, 1.82) is 0 Å². The van der Waals surface area contributed by atoms with E-state index in [9.17, 15) is 0 Å². The standard InChI is InChI=1S/C19H31N3O3/c1-15(25-18-9-7-17(23-4)8-10-18)13-21-19(20-2)22(3)11-12-24-14-16-5-6-16/h7-10,15-16H,5-6,11-14H2,1-4H3,(H,20,21). The molecule has 25 heavy (non-hydrogen) atoms. The summed E-state index contributed by atoms with van der Waals surface area (Å²) in [5, 5.41) is 3.34. The zero-order valence-electron chi connectivity index (χ0n) is 15.8. The highest BCUT2D eigenvalue weighted by Gasteiger charge is 2.21. The van der Waals surface area contributed by atoms with Crippen LogP contribution in [-0.4, -0.2) is 64.5 Å². The van der Waals surface area contributed by atoms with E-state index in [0.29, 0.717) is 6.54 Å². The summed E-state index contributed by atoms with van der Waals surface area (Å²) in [4.78, 5) is 6.40. The van der Waals surface area contributed by atoms with E-state index in [1.54, 1.807) is 14.2 Å². The van der Waals surface area contributed by atoms with Crippen LogP contribution in [0.4, 0.5) is 0 Å². The Balaban J connectivity index is 1.66. The van der Waals surface area contributed by atoms with E-state index < -0.39 is 0 Å². The van der Waals surface area contributed by atoms with Crippen LogP contribution in [0.2, 0.25) is 0 Å². The van der Waals surface area contributed by atoms with E-state index in [2.05, 4.69) is 15.2 Å². The second kappa shape index (κ2) is 10.1. The van der Waals surface area contributed by atoms with Crippen LogP contribution in [0.25, 0.3) is 0 Å². The fourth-order valence-corrected chi connectivity index (χ4v) is 2.39. The quantitative estimate of drug-likeness (QED) is 0.399. The maximum Gasteiger partial charge on any atom is 0.193 e. The van der Waals surface area contributed by atoms with Crippen LogP contribution in [0.1, 0.15) is 19.8 Å². The van der Waals surface area contributed by atoms with Gasteiger partial charge in [0.15, 0.2) is 5.96 Å². The van der Waals surface area contributed by atoms with Gasteiger partial charge in [-0.05, 0) is 49.9 Å². The molecule has 0 saturated heterocycles. The molecular formula is C19H31N3O3. The number of rotatable bonds is 10. The molecule has 0 bridgehead atoms. The number of nitrogens with zero attached hydrogens (tertiary/aromatic N) is 2. The van der Waals surface area contributed by atoms with Crippen molar-refractivity contribution >= 4 is 5.96 Å². The van der Waals surface area contributed by atoms with Gasteiger partial charge in [-0.1, -0.05) is 0 Å². The lowest BCUT2D eigenvalue weighted by molar-refractivity contribution is 0.115. The first-order valence-electron chi connectivity index (χ1n) is 8.92. The van der Waals surface area contributed by atoms with Crippen molar-refractivity contribution in [1.82, 2.24) is 10.2 Å². The van der Waals surface area contributed by atoms with Crippen LogP contribution in [0.5, 0.6) is 11.5 Å². The molecule has 1 aliphatic carbocycles. The number of benzene rings is 1. The van der Waals surface area contributed by atoms with Crippen LogP contribution in [0.3, 0.4) is 0 Å². The van der Waals surface area contributed by atoms with Crippen molar-refractivity contribution in [3.05, 3.63) is 24.3 Å². The smallest absolute Gasteiger partial charge is 0.193 e. The minimum absolute atomic E-state index is 0.0182. The van der Waals surface area contributed by atoms with Gasteiger partial charge in [0.1, 0.15) is 17.6 Å². The van der Waals surface area contributed by atoms with Gasteiger partial charge in [0, 0.05) is 27.2 Å². The van der Waals surface area contributed by atoms with Crippen molar-refractivity contribution in [2.45, 2.75) is 25.9 Å². The van der Waals surface area contributed by atoms with Crippen molar-refractivity contribution in [3.8, 4) is 11.5 Å². The number of ether oxygens (including phenoxy) is 3. The second-order valence-electron chi connectivity index (χ2n) is 6.47. The van der Waals surface area contributed by atoms with Gasteiger partial charge in [0.25, 0.3) is 0 Å². The first kappa shape index (κ1) is 19.4. The van der Waals surface area contributed by atoms with Crippen molar-refractivity contribution in [2.24, 2.45) is 10.9 Å². The monoisotopic (exact) mass is 349 g/mol. The van der Waals surface area contributed by atoms with Gasteiger partial charge in [-0.3, -0.25) is 4.99 Å². The molecule has 1 aliphatic rings. The van der Waals surface area contributed by atoms with E-state index in [1.165, 1.54) is 12.8 Å². The molecule has 1 aromatic rings. The molecule has 1 fully saturated rings. The number of aliphatic imine (C=N–C) groups is 1. The molecule has 140 valence electrons. The Kier molecular flexibility index (Phi) is 7.85. The number of hydrogen-bond donors (Lipinski definition) is 1. The molecule has 0 spiro atoms. The van der Waals surface area contributed by atoms with Crippen molar-refractivity contribution in [3.63, 3.8) is 0 Å². The number of likely N-dealkylation sites (N-methyl/N-ethyl adjacent to an activating group) is 1. The predicted octanol–water partition coefficient (Wildman–Crippen LogP) is 2.40. The van der Waals surface area contributed by atoms with Crippen LogP contribution in [-0.2, 0) is 4.74 Å². The lowest BCUT2D eigenvalue weighted by Crippen LogP contribution is -2.44. The molecule has 0 aromatic heterocycles. The number of nitrogens with one attached hydrogen (secondary N) is 1. The molecule has 1 N–H and O–H groups in total. The summed E-state index contributed by atoms with van der Waals surface area (Å²) in [7, 11) is 5.46. The highest BCUT2D eigenvalue weighted by molar-refractivity contribution is 5.79. The van der Waals surface area contributed by atoms with Gasteiger partial charge in [-0.25, -0.2) is 0 Å². The Hall–Kier alpha value is -1.95. The normalized spacial score (nSPS) is 15.6. The summed E-state index contributed by atoms with van der Waals surface area (Å²) in [5.41, 5.74) is 0. The predicted molar refractivity (Wildman–Crippen MR) is 101 cm³/mol. The molecule has 0 radical (unpaired) electrons. The van der Waals surface area contributed by atoms with E-state index in [-0.39, 0.29) is 6.10 Å². The van der Waals surface area contributed by atoms with E-state index in [0.717, 1.165) is 43.1 Å². The van der Waals surface area contributed by atoms with E-state index in [4.69, 9.17) is 14.2 Å². The second-order valence-corrected chi connectivity index (χ2v) is 6.47. The third-order valence-corrected chi connectivity index (χ3v) is 4.14. The molecule has 1 saturated carbocycles. The molecule has 0 heterocycles. The van der Waals surface area contributed by atoms with Gasteiger partial charge in [0.05, 0.1) is 20.3 Å². The third-order valence-electron chi connectivity index (χ3n) is 4.14. The number of guanidine groups is 1. The lowest BCUT2D eigenvalue weighted by atomic mass is 10.3. The van der Waals surface area contributed by atoms with Gasteiger partial charge < -0.3 is 24.4 Å². The zero-order chi connectivity index (χ0) is 18.1. The van der Waals surface area contributed by atoms with Crippen LogP contribution >= 0.6 is 0 Å². The van der Waals surface area contributed by atoms with Gasteiger partial charge in [-0.15, -0.1) is 0 Å². The number of methoxy groups -OCH3 is 1. The maximum absolute atomic E-state index is 5.90. The topological polar surface area (TPSA) is 55.3 Å². The summed E-state index contributed by atoms with van der Waals surface area (Å²) in [6.07, 6.45) is 2.67. The van der Waals surface area contributed by atoms with E-state index >= 15 is 0 Å². The van der Waals surface area contributed by atoms with Crippen LogP contribution in [0, 0.1) is 5.92 Å². The largest absolute Gasteiger partial charge is 0.497 e. The average molecular weight is 349 g/mol. The Morgan fingerprint density at radius 1 is 1.28 bits per heavy atom. The SMILES string of the molecule is CN=C(NCC(C)Oc1ccc(OC)cc1)N(C)CCOCC1CC1. The summed E-state index contributed by atoms with van der Waals surface area (Å²) in [5.74, 6) is 3.30. The fraction of sp³-hybridized carbons (Fsp3) is 0.632. The Labute approximate surface area is 151 Å². The first-order chi connectivity index (χ1) is 12.1.